The number of nitrogens with one attached hydrogen (secondary N) is 2. The summed E-state index contributed by atoms with van der Waals surface area (Å²) in [5, 5.41) is 0. The maximum absolute atomic E-state index is 11.7. The molecule has 1 rings (SSSR count). The lowest BCUT2D eigenvalue weighted by Crippen LogP contribution is -2.35. The van der Waals surface area contributed by atoms with Gasteiger partial charge in [-0.15, -0.1) is 0 Å². The molecule has 120 valence electrons. The number of benzene rings is 1. The molecule has 0 spiro atoms. The Kier molecular flexibility index (Phi) is 6.59. The second-order valence-corrected chi connectivity index (χ2v) is 8.52. The molecule has 7 nitrogen and oxygen atoms in total. The topological polar surface area (TPSA) is 118 Å². The normalized spacial score (nSPS) is 12.4. The number of hydrogen-bond acceptors (Lipinski definition) is 5. The van der Waals surface area contributed by atoms with Crippen molar-refractivity contribution >= 4 is 25.7 Å². The third kappa shape index (κ3) is 7.42. The lowest BCUT2D eigenvalue weighted by atomic mass is 10.1. The zero-order valence-corrected chi connectivity index (χ0v) is 13.5. The van der Waals surface area contributed by atoms with E-state index in [1.54, 1.807) is 12.1 Å². The SMILES string of the molecule is CCS(=O)(=O)NCCS(=O)(=O)NCCc1ccc(N)cc1. The molecule has 0 heterocycles. The molecule has 1 aromatic rings. The minimum absolute atomic E-state index is 0.0718. The number of sulfonamides is 2. The molecule has 0 aliphatic rings. The Hall–Kier alpha value is -1.16. The van der Waals surface area contributed by atoms with Crippen LogP contribution in [-0.4, -0.2) is 41.4 Å². The van der Waals surface area contributed by atoms with Crippen molar-refractivity contribution in [3.05, 3.63) is 29.8 Å². The fraction of sp³-hybridized carbons (Fsp3) is 0.500. The summed E-state index contributed by atoms with van der Waals surface area (Å²) in [4.78, 5) is 0. The van der Waals surface area contributed by atoms with Crippen molar-refractivity contribution in [2.24, 2.45) is 0 Å². The molecular weight excluding hydrogens is 314 g/mol. The fourth-order valence-corrected chi connectivity index (χ4v) is 3.22. The van der Waals surface area contributed by atoms with Gasteiger partial charge in [-0.3, -0.25) is 0 Å². The molecule has 0 radical (unpaired) electrons. The Bertz CT molecular complexity index is 640. The van der Waals surface area contributed by atoms with E-state index in [0.29, 0.717) is 12.1 Å². The van der Waals surface area contributed by atoms with E-state index in [-0.39, 0.29) is 24.6 Å². The van der Waals surface area contributed by atoms with E-state index in [9.17, 15) is 16.8 Å². The van der Waals surface area contributed by atoms with Crippen LogP contribution in [0.3, 0.4) is 0 Å². The summed E-state index contributed by atoms with van der Waals surface area (Å²) in [7, 11) is -6.86. The van der Waals surface area contributed by atoms with Crippen LogP contribution in [0.5, 0.6) is 0 Å². The minimum Gasteiger partial charge on any atom is -0.399 e. The molecule has 0 aromatic heterocycles. The number of rotatable bonds is 9. The second-order valence-electron chi connectivity index (χ2n) is 4.50. The molecule has 0 unspecified atom stereocenters. The minimum atomic E-state index is -3.49. The van der Waals surface area contributed by atoms with Gasteiger partial charge in [0.05, 0.1) is 11.5 Å². The van der Waals surface area contributed by atoms with E-state index >= 15 is 0 Å². The van der Waals surface area contributed by atoms with E-state index < -0.39 is 20.0 Å². The summed E-state index contributed by atoms with van der Waals surface area (Å²) in [5.74, 6) is -0.356. The van der Waals surface area contributed by atoms with Crippen molar-refractivity contribution in [2.45, 2.75) is 13.3 Å². The Labute approximate surface area is 126 Å². The smallest absolute Gasteiger partial charge is 0.212 e. The van der Waals surface area contributed by atoms with E-state index in [1.807, 2.05) is 12.1 Å². The summed E-state index contributed by atoms with van der Waals surface area (Å²) in [5.41, 5.74) is 7.18. The molecule has 9 heteroatoms. The molecule has 1 aromatic carbocycles. The van der Waals surface area contributed by atoms with E-state index in [2.05, 4.69) is 9.44 Å². The molecule has 0 aliphatic carbocycles. The maximum atomic E-state index is 11.7. The van der Waals surface area contributed by atoms with Crippen LogP contribution in [0.1, 0.15) is 12.5 Å². The molecule has 0 bridgehead atoms. The average Bonchev–Trinajstić information content (AvgIpc) is 2.40. The molecule has 0 saturated heterocycles. The lowest BCUT2D eigenvalue weighted by Gasteiger charge is -2.08. The predicted molar refractivity (Wildman–Crippen MR) is 83.8 cm³/mol. The van der Waals surface area contributed by atoms with Gasteiger partial charge in [-0.2, -0.15) is 0 Å². The first-order valence-corrected chi connectivity index (χ1v) is 9.83. The number of anilines is 1. The monoisotopic (exact) mass is 335 g/mol. The van der Waals surface area contributed by atoms with Crippen LogP contribution >= 0.6 is 0 Å². The quantitative estimate of drug-likeness (QED) is 0.534. The van der Waals surface area contributed by atoms with Crippen LogP contribution in [0, 0.1) is 0 Å². The first-order valence-electron chi connectivity index (χ1n) is 6.53. The van der Waals surface area contributed by atoms with Crippen LogP contribution in [0.2, 0.25) is 0 Å². The van der Waals surface area contributed by atoms with E-state index in [4.69, 9.17) is 5.73 Å². The Balaban J connectivity index is 2.34. The summed E-state index contributed by atoms with van der Waals surface area (Å²) < 4.78 is 50.4. The summed E-state index contributed by atoms with van der Waals surface area (Å²) >= 11 is 0. The largest absolute Gasteiger partial charge is 0.399 e. The lowest BCUT2D eigenvalue weighted by molar-refractivity contribution is 0.576. The zero-order chi connectivity index (χ0) is 15.9. The van der Waals surface area contributed by atoms with E-state index in [0.717, 1.165) is 5.56 Å². The van der Waals surface area contributed by atoms with Crippen molar-refractivity contribution in [2.75, 3.05) is 30.3 Å². The Morgan fingerprint density at radius 3 is 2.10 bits per heavy atom. The van der Waals surface area contributed by atoms with Crippen molar-refractivity contribution in [3.8, 4) is 0 Å². The summed E-state index contributed by atoms with van der Waals surface area (Å²) in [6.07, 6.45) is 0.542. The molecule has 0 aliphatic heterocycles. The number of hydrogen-bond donors (Lipinski definition) is 3. The molecule has 0 atom stereocenters. The maximum Gasteiger partial charge on any atom is 0.212 e. The van der Waals surface area contributed by atoms with E-state index in [1.165, 1.54) is 6.92 Å². The van der Waals surface area contributed by atoms with Crippen LogP contribution in [0.15, 0.2) is 24.3 Å². The van der Waals surface area contributed by atoms with Crippen molar-refractivity contribution in [1.82, 2.24) is 9.44 Å². The van der Waals surface area contributed by atoms with Gasteiger partial charge in [-0.05, 0) is 31.0 Å². The fourth-order valence-electron chi connectivity index (χ4n) is 1.54. The Morgan fingerprint density at radius 1 is 0.952 bits per heavy atom. The molecule has 21 heavy (non-hydrogen) atoms. The third-order valence-electron chi connectivity index (χ3n) is 2.79. The number of nitrogens with two attached hydrogens (primary N) is 1. The van der Waals surface area contributed by atoms with Gasteiger partial charge in [-0.25, -0.2) is 26.3 Å². The van der Waals surface area contributed by atoms with Crippen molar-refractivity contribution in [3.63, 3.8) is 0 Å². The first-order chi connectivity index (χ1) is 9.74. The molecule has 0 fully saturated rings. The van der Waals surface area contributed by atoms with Crippen LogP contribution < -0.4 is 15.2 Å². The second kappa shape index (κ2) is 7.74. The third-order valence-corrected chi connectivity index (χ3v) is 5.58. The highest BCUT2D eigenvalue weighted by molar-refractivity contribution is 7.90. The van der Waals surface area contributed by atoms with Crippen molar-refractivity contribution < 1.29 is 16.8 Å². The van der Waals surface area contributed by atoms with Gasteiger partial charge < -0.3 is 5.73 Å². The summed E-state index contributed by atoms with van der Waals surface area (Å²) in [6, 6.07) is 7.17. The van der Waals surface area contributed by atoms with Gasteiger partial charge in [0.15, 0.2) is 0 Å². The van der Waals surface area contributed by atoms with Gasteiger partial charge in [-0.1, -0.05) is 12.1 Å². The zero-order valence-electron chi connectivity index (χ0n) is 11.9. The van der Waals surface area contributed by atoms with Gasteiger partial charge in [0.25, 0.3) is 0 Å². The highest BCUT2D eigenvalue weighted by atomic mass is 32.2. The van der Waals surface area contributed by atoms with Gasteiger partial charge in [0.1, 0.15) is 0 Å². The van der Waals surface area contributed by atoms with Gasteiger partial charge in [0.2, 0.25) is 20.0 Å². The molecule has 0 amide bonds. The molecular formula is C12H21N3O4S2. The average molecular weight is 335 g/mol. The van der Waals surface area contributed by atoms with Crippen LogP contribution in [-0.2, 0) is 26.5 Å². The highest BCUT2D eigenvalue weighted by Crippen LogP contribution is 2.05. The predicted octanol–water partition coefficient (Wildman–Crippen LogP) is -0.330. The van der Waals surface area contributed by atoms with Crippen LogP contribution in [0.4, 0.5) is 5.69 Å². The van der Waals surface area contributed by atoms with Crippen molar-refractivity contribution in [1.29, 1.82) is 0 Å². The molecule has 0 saturated carbocycles. The summed E-state index contributed by atoms with van der Waals surface area (Å²) in [6.45, 7) is 1.61. The molecule has 4 N–H and O–H groups in total. The Morgan fingerprint density at radius 2 is 1.52 bits per heavy atom. The van der Waals surface area contributed by atoms with Gasteiger partial charge >= 0.3 is 0 Å². The van der Waals surface area contributed by atoms with Gasteiger partial charge in [0, 0.05) is 18.8 Å². The number of nitrogen functional groups attached to an aromatic ring is 1. The standard InChI is InChI=1S/C12H21N3O4S2/c1-2-20(16,17)15-9-10-21(18,19)14-8-7-11-3-5-12(13)6-4-11/h3-6,14-15H,2,7-10,13H2,1H3. The van der Waals surface area contributed by atoms with Crippen LogP contribution in [0.25, 0.3) is 0 Å². The highest BCUT2D eigenvalue weighted by Gasteiger charge is 2.12. The first kappa shape index (κ1) is 17.9.